The number of nitrogens with zero attached hydrogens (tertiary/aromatic N) is 1. The van der Waals surface area contributed by atoms with E-state index < -0.39 is 22.7 Å². The Kier molecular flexibility index (Phi) is 3.62. The summed E-state index contributed by atoms with van der Waals surface area (Å²) in [5.41, 5.74) is 0.473. The summed E-state index contributed by atoms with van der Waals surface area (Å²) < 4.78 is 26.2. The maximum absolute atomic E-state index is 12.0. The highest BCUT2D eigenvalue weighted by Gasteiger charge is 2.19. The van der Waals surface area contributed by atoms with Crippen molar-refractivity contribution in [3.05, 3.63) is 24.5 Å². The fourth-order valence-electron chi connectivity index (χ4n) is 1.50. The molecule has 8 heteroatoms. The Labute approximate surface area is 104 Å². The minimum atomic E-state index is -3.74. The molecule has 0 saturated carbocycles. The van der Waals surface area contributed by atoms with Gasteiger partial charge in [-0.05, 0) is 12.1 Å². The molecule has 0 aliphatic rings. The molecule has 4 N–H and O–H groups in total. The molecule has 0 aliphatic carbocycles. The standard InChI is InChI=1S/C10H13N3O4S/c14-6-7(15)4-13-18(16,17)9-5-12-10-8(9)2-1-3-11-10/h1-3,5,7,13-15H,4,6H2,(H,11,12). The number of sulfonamides is 1. The van der Waals surface area contributed by atoms with Crippen LogP contribution in [0.5, 0.6) is 0 Å². The van der Waals surface area contributed by atoms with E-state index in [1.807, 2.05) is 0 Å². The number of rotatable bonds is 5. The molecule has 98 valence electrons. The van der Waals surface area contributed by atoms with Crippen LogP contribution in [0.4, 0.5) is 0 Å². The van der Waals surface area contributed by atoms with Crippen molar-refractivity contribution in [1.82, 2.24) is 14.7 Å². The van der Waals surface area contributed by atoms with Crippen LogP contribution in [-0.4, -0.2) is 47.9 Å². The highest BCUT2D eigenvalue weighted by atomic mass is 32.2. The van der Waals surface area contributed by atoms with Crippen molar-refractivity contribution in [2.45, 2.75) is 11.0 Å². The number of hydrogen-bond acceptors (Lipinski definition) is 5. The number of H-pyrrole nitrogens is 1. The molecule has 0 radical (unpaired) electrons. The molecule has 1 atom stereocenters. The van der Waals surface area contributed by atoms with Gasteiger partial charge >= 0.3 is 0 Å². The van der Waals surface area contributed by atoms with E-state index in [9.17, 15) is 8.42 Å². The van der Waals surface area contributed by atoms with Crippen LogP contribution in [0.2, 0.25) is 0 Å². The first-order valence-corrected chi connectivity index (χ1v) is 6.73. The molecule has 0 saturated heterocycles. The second kappa shape index (κ2) is 5.02. The number of hydrogen-bond donors (Lipinski definition) is 4. The predicted molar refractivity (Wildman–Crippen MR) is 64.4 cm³/mol. The summed E-state index contributed by atoms with van der Waals surface area (Å²) in [6, 6.07) is 3.27. The van der Waals surface area contributed by atoms with E-state index in [-0.39, 0.29) is 11.4 Å². The first-order valence-electron chi connectivity index (χ1n) is 5.25. The number of aromatic nitrogens is 2. The number of aliphatic hydroxyl groups is 2. The van der Waals surface area contributed by atoms with E-state index in [1.54, 1.807) is 18.3 Å². The van der Waals surface area contributed by atoms with E-state index in [0.29, 0.717) is 11.0 Å². The molecule has 0 fully saturated rings. The highest BCUT2D eigenvalue weighted by Crippen LogP contribution is 2.20. The van der Waals surface area contributed by atoms with Gasteiger partial charge in [0.2, 0.25) is 10.0 Å². The summed E-state index contributed by atoms with van der Waals surface area (Å²) in [5, 5.41) is 18.2. The zero-order valence-electron chi connectivity index (χ0n) is 9.37. The molecule has 0 amide bonds. The Morgan fingerprint density at radius 1 is 1.50 bits per heavy atom. The van der Waals surface area contributed by atoms with Gasteiger partial charge in [-0.15, -0.1) is 0 Å². The van der Waals surface area contributed by atoms with Crippen LogP contribution in [0.25, 0.3) is 11.0 Å². The number of nitrogens with one attached hydrogen (secondary N) is 2. The number of fused-ring (bicyclic) bond motifs is 1. The molecule has 2 aromatic heterocycles. The summed E-state index contributed by atoms with van der Waals surface area (Å²) >= 11 is 0. The van der Waals surface area contributed by atoms with Crippen molar-refractivity contribution in [1.29, 1.82) is 0 Å². The fourth-order valence-corrected chi connectivity index (χ4v) is 2.74. The largest absolute Gasteiger partial charge is 0.394 e. The van der Waals surface area contributed by atoms with Crippen LogP contribution in [0.3, 0.4) is 0 Å². The van der Waals surface area contributed by atoms with Crippen molar-refractivity contribution in [3.63, 3.8) is 0 Å². The third-order valence-corrected chi connectivity index (χ3v) is 3.89. The average Bonchev–Trinajstić information content (AvgIpc) is 2.80. The van der Waals surface area contributed by atoms with Gasteiger partial charge in [-0.3, -0.25) is 0 Å². The zero-order valence-corrected chi connectivity index (χ0v) is 10.2. The Balaban J connectivity index is 2.30. The molecule has 7 nitrogen and oxygen atoms in total. The smallest absolute Gasteiger partial charge is 0.242 e. The molecule has 1 unspecified atom stereocenters. The van der Waals surface area contributed by atoms with Gasteiger partial charge < -0.3 is 15.2 Å². The van der Waals surface area contributed by atoms with Gasteiger partial charge in [-0.25, -0.2) is 18.1 Å². The summed E-state index contributed by atoms with van der Waals surface area (Å²) in [5.74, 6) is 0. The van der Waals surface area contributed by atoms with Gasteiger partial charge in [0.15, 0.2) is 0 Å². The molecular weight excluding hydrogens is 258 g/mol. The van der Waals surface area contributed by atoms with E-state index in [1.165, 1.54) is 6.20 Å². The Bertz CT molecular complexity index is 637. The fraction of sp³-hybridized carbons (Fsp3) is 0.300. The molecule has 0 aliphatic heterocycles. The van der Waals surface area contributed by atoms with Crippen LogP contribution in [0.15, 0.2) is 29.4 Å². The van der Waals surface area contributed by atoms with Gasteiger partial charge in [0.05, 0.1) is 12.7 Å². The summed E-state index contributed by atoms with van der Waals surface area (Å²) in [6.45, 7) is -0.746. The first-order chi connectivity index (χ1) is 8.54. The Morgan fingerprint density at radius 2 is 2.28 bits per heavy atom. The SMILES string of the molecule is O=S(=O)(NCC(O)CO)c1c[nH]c2ncccc12. The van der Waals surface area contributed by atoms with E-state index >= 15 is 0 Å². The number of pyridine rings is 1. The Hall–Kier alpha value is -1.48. The molecule has 0 spiro atoms. The van der Waals surface area contributed by atoms with E-state index in [4.69, 9.17) is 10.2 Å². The van der Waals surface area contributed by atoms with Crippen LogP contribution in [-0.2, 0) is 10.0 Å². The number of aliphatic hydroxyl groups excluding tert-OH is 2. The average molecular weight is 271 g/mol. The lowest BCUT2D eigenvalue weighted by Gasteiger charge is -2.08. The summed E-state index contributed by atoms with van der Waals surface area (Å²) in [4.78, 5) is 6.81. The van der Waals surface area contributed by atoms with Crippen molar-refractivity contribution in [2.75, 3.05) is 13.2 Å². The van der Waals surface area contributed by atoms with Crippen molar-refractivity contribution in [3.8, 4) is 0 Å². The van der Waals surface area contributed by atoms with Gasteiger partial charge in [0.1, 0.15) is 10.5 Å². The molecule has 18 heavy (non-hydrogen) atoms. The maximum atomic E-state index is 12.0. The lowest BCUT2D eigenvalue weighted by molar-refractivity contribution is 0.0988. The van der Waals surface area contributed by atoms with Crippen molar-refractivity contribution >= 4 is 21.1 Å². The second-order valence-corrected chi connectivity index (χ2v) is 5.48. The van der Waals surface area contributed by atoms with Crippen LogP contribution in [0, 0.1) is 0 Å². The lowest BCUT2D eigenvalue weighted by Crippen LogP contribution is -2.33. The summed E-state index contributed by atoms with van der Waals surface area (Å²) in [6.07, 6.45) is 1.77. The zero-order chi connectivity index (χ0) is 13.2. The normalized spacial score (nSPS) is 13.9. The van der Waals surface area contributed by atoms with Crippen LogP contribution < -0.4 is 4.72 Å². The highest BCUT2D eigenvalue weighted by molar-refractivity contribution is 7.89. The van der Waals surface area contributed by atoms with Gasteiger partial charge in [0.25, 0.3) is 0 Å². The molecular formula is C10H13N3O4S. The summed E-state index contributed by atoms with van der Waals surface area (Å²) in [7, 11) is -3.74. The molecule has 2 heterocycles. The second-order valence-electron chi connectivity index (χ2n) is 3.74. The first kappa shape index (κ1) is 13.0. The number of aromatic amines is 1. The monoisotopic (exact) mass is 271 g/mol. The third kappa shape index (κ3) is 2.51. The van der Waals surface area contributed by atoms with Gasteiger partial charge in [0, 0.05) is 24.3 Å². The van der Waals surface area contributed by atoms with E-state index in [2.05, 4.69) is 14.7 Å². The van der Waals surface area contributed by atoms with Gasteiger partial charge in [-0.2, -0.15) is 0 Å². The molecule has 0 bridgehead atoms. The van der Waals surface area contributed by atoms with Crippen LogP contribution in [0.1, 0.15) is 0 Å². The van der Waals surface area contributed by atoms with E-state index in [0.717, 1.165) is 0 Å². The molecule has 0 aromatic carbocycles. The van der Waals surface area contributed by atoms with Crippen LogP contribution >= 0.6 is 0 Å². The predicted octanol–water partition coefficient (Wildman–Crippen LogP) is -0.806. The minimum absolute atomic E-state index is 0.0655. The quantitative estimate of drug-likeness (QED) is 0.568. The Morgan fingerprint density at radius 3 is 3.00 bits per heavy atom. The minimum Gasteiger partial charge on any atom is -0.394 e. The van der Waals surface area contributed by atoms with Crippen molar-refractivity contribution in [2.24, 2.45) is 0 Å². The third-order valence-electron chi connectivity index (χ3n) is 2.42. The van der Waals surface area contributed by atoms with Crippen molar-refractivity contribution < 1.29 is 18.6 Å². The molecule has 2 rings (SSSR count). The topological polar surface area (TPSA) is 115 Å². The molecule has 2 aromatic rings. The lowest BCUT2D eigenvalue weighted by atomic mass is 10.3. The maximum Gasteiger partial charge on any atom is 0.242 e. The van der Waals surface area contributed by atoms with Gasteiger partial charge in [-0.1, -0.05) is 0 Å².